The van der Waals surface area contributed by atoms with Crippen LogP contribution in [0, 0.1) is 0 Å². The summed E-state index contributed by atoms with van der Waals surface area (Å²) in [5, 5.41) is 0. The van der Waals surface area contributed by atoms with E-state index in [2.05, 4.69) is 0 Å². The van der Waals surface area contributed by atoms with Gasteiger partial charge in [-0.15, -0.1) is 0 Å². The van der Waals surface area contributed by atoms with Crippen LogP contribution >= 0.6 is 0 Å². The molecule has 0 bridgehead atoms. The van der Waals surface area contributed by atoms with Crippen molar-refractivity contribution in [1.82, 2.24) is 0 Å². The van der Waals surface area contributed by atoms with Crippen LogP contribution in [0.25, 0.3) is 0 Å². The zero-order valence-electron chi connectivity index (χ0n) is 18.3. The molecular weight excluding hydrogens is 438 g/mol. The summed E-state index contributed by atoms with van der Waals surface area (Å²) in [5.41, 5.74) is 1.83. The minimum absolute atomic E-state index is 0.00397. The molecule has 0 saturated carbocycles. The van der Waals surface area contributed by atoms with Crippen LogP contribution in [0.1, 0.15) is 33.2 Å². The Morgan fingerprint density at radius 2 is 1.62 bits per heavy atom. The van der Waals surface area contributed by atoms with Gasteiger partial charge in [0.2, 0.25) is 15.8 Å². The van der Waals surface area contributed by atoms with Gasteiger partial charge in [-0.05, 0) is 49.2 Å². The molecule has 0 radical (unpaired) electrons. The molecule has 172 valence electrons. The molecule has 1 heterocycles. The fourth-order valence-corrected chi connectivity index (χ4v) is 4.65. The van der Waals surface area contributed by atoms with Gasteiger partial charge in [0.15, 0.2) is 23.9 Å². The van der Waals surface area contributed by atoms with E-state index in [0.717, 1.165) is 5.56 Å². The zero-order valence-corrected chi connectivity index (χ0v) is 19.2. The SMILES string of the molecule is CCS(=O)(=O)N1CCc2cc(C(=O)COC(=O)c3cc(OC)c(OC)c(OC)c3)ccc21. The first-order valence-electron chi connectivity index (χ1n) is 9.89. The molecule has 10 heteroatoms. The van der Waals surface area contributed by atoms with Crippen molar-refractivity contribution in [3.05, 3.63) is 47.0 Å². The topological polar surface area (TPSA) is 108 Å². The van der Waals surface area contributed by atoms with Gasteiger partial charge in [-0.1, -0.05) is 0 Å². The second-order valence-corrected chi connectivity index (χ2v) is 9.16. The standard InChI is InChI=1S/C22H25NO8S/c1-5-32(26,27)23-9-8-14-10-15(6-7-17(14)23)18(24)13-31-22(25)16-11-19(28-2)21(30-4)20(12-16)29-3/h6-7,10-12H,5,8-9,13H2,1-4H3. The van der Waals surface area contributed by atoms with E-state index < -0.39 is 28.4 Å². The molecule has 3 rings (SSSR count). The van der Waals surface area contributed by atoms with Crippen LogP contribution in [0.2, 0.25) is 0 Å². The fourth-order valence-electron chi connectivity index (χ4n) is 3.49. The van der Waals surface area contributed by atoms with Crippen molar-refractivity contribution in [3.8, 4) is 17.2 Å². The molecule has 2 aromatic rings. The molecule has 2 aromatic carbocycles. The molecular formula is C22H25NO8S. The van der Waals surface area contributed by atoms with Crippen molar-refractivity contribution in [2.75, 3.05) is 44.5 Å². The molecule has 0 fully saturated rings. The highest BCUT2D eigenvalue weighted by atomic mass is 32.2. The quantitative estimate of drug-likeness (QED) is 0.412. The molecule has 0 aliphatic carbocycles. The minimum atomic E-state index is -3.36. The van der Waals surface area contributed by atoms with Crippen molar-refractivity contribution < 1.29 is 37.0 Å². The maximum Gasteiger partial charge on any atom is 0.338 e. The third-order valence-corrected chi connectivity index (χ3v) is 6.97. The number of carbonyl (C=O) groups is 2. The molecule has 0 atom stereocenters. The van der Waals surface area contributed by atoms with Crippen molar-refractivity contribution in [3.63, 3.8) is 0 Å². The van der Waals surface area contributed by atoms with Crippen LogP contribution in [0.4, 0.5) is 5.69 Å². The number of rotatable bonds is 9. The Hall–Kier alpha value is -3.27. The summed E-state index contributed by atoms with van der Waals surface area (Å²) >= 11 is 0. The van der Waals surface area contributed by atoms with Gasteiger partial charge in [-0.25, -0.2) is 13.2 Å². The normalized spacial score (nSPS) is 12.8. The summed E-state index contributed by atoms with van der Waals surface area (Å²) in [7, 11) is 0.940. The molecule has 9 nitrogen and oxygen atoms in total. The molecule has 1 aliphatic heterocycles. The highest BCUT2D eigenvalue weighted by molar-refractivity contribution is 7.92. The second-order valence-electron chi connectivity index (χ2n) is 6.98. The predicted octanol–water partition coefficient (Wildman–Crippen LogP) is 2.46. The molecule has 1 aliphatic rings. The minimum Gasteiger partial charge on any atom is -0.493 e. The van der Waals surface area contributed by atoms with Crippen LogP contribution in [0.3, 0.4) is 0 Å². The number of methoxy groups -OCH3 is 3. The Bertz CT molecular complexity index is 1120. The van der Waals surface area contributed by atoms with Gasteiger partial charge in [-0.2, -0.15) is 0 Å². The number of carbonyl (C=O) groups excluding carboxylic acids is 2. The van der Waals surface area contributed by atoms with Crippen LogP contribution in [0.15, 0.2) is 30.3 Å². The molecule has 0 saturated heterocycles. The zero-order chi connectivity index (χ0) is 23.5. The maximum absolute atomic E-state index is 12.6. The van der Waals surface area contributed by atoms with E-state index in [0.29, 0.717) is 30.0 Å². The van der Waals surface area contributed by atoms with E-state index in [9.17, 15) is 18.0 Å². The third-order valence-electron chi connectivity index (χ3n) is 5.19. The van der Waals surface area contributed by atoms with E-state index in [1.54, 1.807) is 19.1 Å². The van der Waals surface area contributed by atoms with E-state index >= 15 is 0 Å². The number of anilines is 1. The number of ether oxygens (including phenoxy) is 4. The van der Waals surface area contributed by atoms with Crippen LogP contribution in [-0.2, 0) is 21.2 Å². The lowest BCUT2D eigenvalue weighted by molar-refractivity contribution is 0.0474. The number of Topliss-reactive ketones (excluding diaryl/α,β-unsaturated/α-hetero) is 1. The van der Waals surface area contributed by atoms with Crippen molar-refractivity contribution in [2.24, 2.45) is 0 Å². The van der Waals surface area contributed by atoms with Crippen molar-refractivity contribution in [1.29, 1.82) is 0 Å². The van der Waals surface area contributed by atoms with Crippen molar-refractivity contribution in [2.45, 2.75) is 13.3 Å². The lowest BCUT2D eigenvalue weighted by Gasteiger charge is -2.18. The molecule has 0 amide bonds. The Kier molecular flexibility index (Phi) is 6.93. The molecule has 32 heavy (non-hydrogen) atoms. The van der Waals surface area contributed by atoms with Gasteiger partial charge in [-0.3, -0.25) is 9.10 Å². The third kappa shape index (κ3) is 4.50. The highest BCUT2D eigenvalue weighted by Gasteiger charge is 2.28. The Morgan fingerprint density at radius 1 is 0.969 bits per heavy atom. The Labute approximate surface area is 186 Å². The second kappa shape index (κ2) is 9.47. The number of ketones is 1. The predicted molar refractivity (Wildman–Crippen MR) is 118 cm³/mol. The summed E-state index contributed by atoms with van der Waals surface area (Å²) in [6, 6.07) is 7.68. The largest absolute Gasteiger partial charge is 0.493 e. The van der Waals surface area contributed by atoms with Crippen LogP contribution in [-0.4, -0.2) is 60.4 Å². The smallest absolute Gasteiger partial charge is 0.338 e. The first-order valence-corrected chi connectivity index (χ1v) is 11.5. The Balaban J connectivity index is 1.72. The summed E-state index contributed by atoms with van der Waals surface area (Å²) < 4.78 is 46.6. The van der Waals surface area contributed by atoms with E-state index in [1.165, 1.54) is 43.8 Å². The number of sulfonamides is 1. The average molecular weight is 464 g/mol. The molecule has 0 aromatic heterocycles. The van der Waals surface area contributed by atoms with Gasteiger partial charge in [0.1, 0.15) is 0 Å². The van der Waals surface area contributed by atoms with E-state index in [1.807, 2.05) is 0 Å². The number of nitrogens with zero attached hydrogens (tertiary/aromatic N) is 1. The lowest BCUT2D eigenvalue weighted by Crippen LogP contribution is -2.30. The van der Waals surface area contributed by atoms with Gasteiger partial charge in [0.05, 0.1) is 38.3 Å². The molecule has 0 N–H and O–H groups in total. The number of hydrogen-bond acceptors (Lipinski definition) is 8. The fraction of sp³-hybridized carbons (Fsp3) is 0.364. The van der Waals surface area contributed by atoms with Crippen LogP contribution in [0.5, 0.6) is 17.2 Å². The average Bonchev–Trinajstić information content (AvgIpc) is 3.25. The van der Waals surface area contributed by atoms with Gasteiger partial charge in [0.25, 0.3) is 0 Å². The van der Waals surface area contributed by atoms with Gasteiger partial charge in [0, 0.05) is 12.1 Å². The number of benzene rings is 2. The summed E-state index contributed by atoms with van der Waals surface area (Å²) in [4.78, 5) is 25.1. The van der Waals surface area contributed by atoms with Gasteiger partial charge < -0.3 is 18.9 Å². The summed E-state index contributed by atoms with van der Waals surface area (Å²) in [6.45, 7) is 1.47. The lowest BCUT2D eigenvalue weighted by atomic mass is 10.1. The first-order chi connectivity index (χ1) is 15.2. The van der Waals surface area contributed by atoms with E-state index in [-0.39, 0.29) is 22.8 Å². The van der Waals surface area contributed by atoms with Gasteiger partial charge >= 0.3 is 5.97 Å². The number of fused-ring (bicyclic) bond motifs is 1. The van der Waals surface area contributed by atoms with E-state index in [4.69, 9.17) is 18.9 Å². The molecule has 0 unspecified atom stereocenters. The first kappa shape index (κ1) is 23.4. The monoisotopic (exact) mass is 463 g/mol. The Morgan fingerprint density at radius 3 is 2.19 bits per heavy atom. The molecule has 0 spiro atoms. The summed E-state index contributed by atoms with van der Waals surface area (Å²) in [6.07, 6.45) is 0.515. The number of hydrogen-bond donors (Lipinski definition) is 0. The maximum atomic E-state index is 12.6. The van der Waals surface area contributed by atoms with Crippen LogP contribution < -0.4 is 18.5 Å². The van der Waals surface area contributed by atoms with Crippen molar-refractivity contribution >= 4 is 27.5 Å². The number of esters is 1. The highest BCUT2D eigenvalue weighted by Crippen LogP contribution is 2.38. The summed E-state index contributed by atoms with van der Waals surface area (Å²) in [5.74, 6) is -0.209.